The van der Waals surface area contributed by atoms with E-state index in [4.69, 9.17) is 0 Å². The summed E-state index contributed by atoms with van der Waals surface area (Å²) in [5.41, 5.74) is 0. The molecule has 2 nitrogen and oxygen atoms in total. The van der Waals surface area contributed by atoms with Gasteiger partial charge < -0.3 is 4.90 Å². The minimum atomic E-state index is -7.07. The molecule has 0 heterocycles. The molecule has 0 saturated carbocycles. The number of alkyl halides is 9. The topological polar surface area (TPSA) is 20.3 Å². The lowest BCUT2D eigenvalue weighted by Crippen LogP contribution is -2.65. The van der Waals surface area contributed by atoms with E-state index in [9.17, 15) is 44.3 Å². The van der Waals surface area contributed by atoms with E-state index in [0.717, 1.165) is 77.0 Å². The first-order valence-corrected chi connectivity index (χ1v) is 15.2. The second-order valence-electron chi connectivity index (χ2n) is 10.9. The number of nitrogens with zero attached hydrogens (tertiary/aromatic N) is 1. The molecule has 0 bridgehead atoms. The minimum absolute atomic E-state index is 0.163. The van der Waals surface area contributed by atoms with Crippen LogP contribution in [0, 0.1) is 0 Å². The molecule has 0 aliphatic heterocycles. The maximum atomic E-state index is 14.4. The average molecular weight is 600 g/mol. The maximum absolute atomic E-state index is 14.4. The molecular weight excluding hydrogens is 549 g/mol. The molecule has 0 aliphatic carbocycles. The van der Waals surface area contributed by atoms with Crippen molar-refractivity contribution in [1.29, 1.82) is 0 Å². The third kappa shape index (κ3) is 13.2. The molecule has 0 unspecified atom stereocenters. The number of carbonyl (C=O) groups is 1. The summed E-state index contributed by atoms with van der Waals surface area (Å²) in [5.74, 6) is -22.9. The van der Waals surface area contributed by atoms with Crippen molar-refractivity contribution in [2.24, 2.45) is 0 Å². The van der Waals surface area contributed by atoms with Crippen LogP contribution in [-0.2, 0) is 4.79 Å². The van der Waals surface area contributed by atoms with Gasteiger partial charge in [0.1, 0.15) is 0 Å². The SMILES string of the molecule is CCCCCCCCCCCCN(CCCCCCCCCCCC)C(=O)C(F)(F)C(F)(F)C(F)(F)C(F)(F)F. The number of hydrogen-bond acceptors (Lipinski definition) is 1. The predicted octanol–water partition coefficient (Wildman–Crippen LogP) is 11.1. The molecule has 0 aromatic carbocycles. The molecular formula is C29H50F9NO. The van der Waals surface area contributed by atoms with E-state index >= 15 is 0 Å². The third-order valence-electron chi connectivity index (χ3n) is 7.26. The Hall–Kier alpha value is -1.16. The molecule has 40 heavy (non-hydrogen) atoms. The van der Waals surface area contributed by atoms with Crippen LogP contribution in [-0.4, -0.2) is 47.8 Å². The van der Waals surface area contributed by atoms with E-state index < -0.39 is 42.9 Å². The Morgan fingerprint density at radius 2 is 0.725 bits per heavy atom. The summed E-state index contributed by atoms with van der Waals surface area (Å²) < 4.78 is 121. The second-order valence-corrected chi connectivity index (χ2v) is 10.9. The van der Waals surface area contributed by atoms with Gasteiger partial charge in [-0.05, 0) is 12.8 Å². The van der Waals surface area contributed by atoms with Crippen LogP contribution >= 0.6 is 0 Å². The quantitative estimate of drug-likeness (QED) is 0.0755. The summed E-state index contributed by atoms with van der Waals surface area (Å²) in [5, 5.41) is 0. The van der Waals surface area contributed by atoms with Crippen molar-refractivity contribution in [2.75, 3.05) is 13.1 Å². The lowest BCUT2D eigenvalue weighted by Gasteiger charge is -2.35. The highest BCUT2D eigenvalue weighted by Gasteiger charge is 2.84. The van der Waals surface area contributed by atoms with E-state index in [0.29, 0.717) is 30.6 Å². The van der Waals surface area contributed by atoms with Crippen molar-refractivity contribution in [2.45, 2.75) is 166 Å². The van der Waals surface area contributed by atoms with E-state index in [1.54, 1.807) is 0 Å². The lowest BCUT2D eigenvalue weighted by atomic mass is 10.0. The van der Waals surface area contributed by atoms with Gasteiger partial charge in [-0.2, -0.15) is 39.5 Å². The smallest absolute Gasteiger partial charge is 0.337 e. The zero-order valence-corrected chi connectivity index (χ0v) is 24.3. The molecule has 0 aromatic rings. The van der Waals surface area contributed by atoms with Gasteiger partial charge in [0.25, 0.3) is 5.91 Å². The summed E-state index contributed by atoms with van der Waals surface area (Å²) in [4.78, 5) is 12.7. The van der Waals surface area contributed by atoms with Crippen molar-refractivity contribution < 1.29 is 44.3 Å². The van der Waals surface area contributed by atoms with E-state index in [1.807, 2.05) is 0 Å². The Morgan fingerprint density at radius 3 is 1.00 bits per heavy atom. The average Bonchev–Trinajstić information content (AvgIpc) is 2.88. The predicted molar refractivity (Wildman–Crippen MR) is 141 cm³/mol. The zero-order chi connectivity index (χ0) is 30.7. The number of hydrogen-bond donors (Lipinski definition) is 0. The highest BCUT2D eigenvalue weighted by atomic mass is 19.4. The van der Waals surface area contributed by atoms with Crippen LogP contribution in [0.1, 0.15) is 142 Å². The summed E-state index contributed by atoms with van der Waals surface area (Å²) in [7, 11) is 0. The van der Waals surface area contributed by atoms with Crippen molar-refractivity contribution >= 4 is 5.91 Å². The van der Waals surface area contributed by atoms with Crippen LogP contribution in [0.3, 0.4) is 0 Å². The number of amides is 1. The van der Waals surface area contributed by atoms with Gasteiger partial charge in [-0.1, -0.05) is 129 Å². The first kappa shape index (κ1) is 38.8. The van der Waals surface area contributed by atoms with Gasteiger partial charge in [0.15, 0.2) is 0 Å². The molecule has 0 N–H and O–H groups in total. The standard InChI is InChI=1S/C29H50F9NO/c1-3-5-7-9-11-13-15-17-19-21-23-39(24-22-20-18-16-14-12-10-8-6-4-2)25(40)26(30,31)27(32,33)28(34,35)29(36,37)38/h3-24H2,1-2H3. The Bertz CT molecular complexity index is 630. The monoisotopic (exact) mass is 599 g/mol. The van der Waals surface area contributed by atoms with Gasteiger partial charge >= 0.3 is 23.9 Å². The van der Waals surface area contributed by atoms with Crippen LogP contribution in [0.2, 0.25) is 0 Å². The summed E-state index contributed by atoms with van der Waals surface area (Å²) in [6.45, 7) is 3.42. The molecule has 0 aromatic heterocycles. The van der Waals surface area contributed by atoms with Crippen molar-refractivity contribution in [3.63, 3.8) is 0 Å². The van der Waals surface area contributed by atoms with Crippen molar-refractivity contribution in [1.82, 2.24) is 4.90 Å². The summed E-state index contributed by atoms with van der Waals surface area (Å²) >= 11 is 0. The van der Waals surface area contributed by atoms with Crippen molar-refractivity contribution in [3.8, 4) is 0 Å². The molecule has 1 amide bonds. The Labute approximate surface area is 234 Å². The highest BCUT2D eigenvalue weighted by Crippen LogP contribution is 2.53. The number of halogens is 9. The van der Waals surface area contributed by atoms with Gasteiger partial charge in [-0.15, -0.1) is 0 Å². The van der Waals surface area contributed by atoms with Crippen LogP contribution in [0.5, 0.6) is 0 Å². The van der Waals surface area contributed by atoms with E-state index in [-0.39, 0.29) is 12.8 Å². The van der Waals surface area contributed by atoms with Gasteiger partial charge in [0.2, 0.25) is 0 Å². The molecule has 0 spiro atoms. The molecule has 0 radical (unpaired) electrons. The van der Waals surface area contributed by atoms with E-state index in [2.05, 4.69) is 13.8 Å². The summed E-state index contributed by atoms with van der Waals surface area (Å²) in [6, 6.07) is 0. The molecule has 11 heteroatoms. The lowest BCUT2D eigenvalue weighted by molar-refractivity contribution is -0.389. The number of unbranched alkanes of at least 4 members (excludes halogenated alkanes) is 18. The number of carbonyl (C=O) groups excluding carboxylic acids is 1. The number of rotatable bonds is 25. The molecule has 0 rings (SSSR count). The Balaban J connectivity index is 4.99. The van der Waals surface area contributed by atoms with Crippen LogP contribution in [0.15, 0.2) is 0 Å². The maximum Gasteiger partial charge on any atom is 0.460 e. The zero-order valence-electron chi connectivity index (χ0n) is 24.3. The van der Waals surface area contributed by atoms with Gasteiger partial charge in [-0.25, -0.2) is 0 Å². The van der Waals surface area contributed by atoms with Crippen molar-refractivity contribution in [3.05, 3.63) is 0 Å². The van der Waals surface area contributed by atoms with Gasteiger partial charge in [-0.3, -0.25) is 4.79 Å². The fraction of sp³-hybridized carbons (Fsp3) is 0.966. The second kappa shape index (κ2) is 19.9. The highest BCUT2D eigenvalue weighted by molar-refractivity contribution is 5.85. The van der Waals surface area contributed by atoms with Gasteiger partial charge in [0.05, 0.1) is 0 Å². The molecule has 0 aliphatic rings. The fourth-order valence-corrected chi connectivity index (χ4v) is 4.60. The molecule has 0 saturated heterocycles. The summed E-state index contributed by atoms with van der Waals surface area (Å²) in [6.07, 6.45) is 10.7. The normalized spacial score (nSPS) is 13.2. The first-order valence-electron chi connectivity index (χ1n) is 15.2. The van der Waals surface area contributed by atoms with Crippen LogP contribution in [0.4, 0.5) is 39.5 Å². The minimum Gasteiger partial charge on any atom is -0.337 e. The fourth-order valence-electron chi connectivity index (χ4n) is 4.60. The Morgan fingerprint density at radius 1 is 0.450 bits per heavy atom. The Kier molecular flexibility index (Phi) is 19.3. The largest absolute Gasteiger partial charge is 0.460 e. The van der Waals surface area contributed by atoms with Crippen LogP contribution in [0.25, 0.3) is 0 Å². The molecule has 240 valence electrons. The van der Waals surface area contributed by atoms with E-state index in [1.165, 1.54) is 12.8 Å². The first-order chi connectivity index (χ1) is 18.7. The third-order valence-corrected chi connectivity index (χ3v) is 7.26. The van der Waals surface area contributed by atoms with Crippen LogP contribution < -0.4 is 0 Å². The molecule has 0 atom stereocenters. The molecule has 0 fully saturated rings. The van der Waals surface area contributed by atoms with Gasteiger partial charge in [0, 0.05) is 13.1 Å².